The molecule has 0 fully saturated rings. The summed E-state index contributed by atoms with van der Waals surface area (Å²) in [6, 6.07) is 0. The van der Waals surface area contributed by atoms with Crippen molar-refractivity contribution in [1.29, 1.82) is 0 Å². The summed E-state index contributed by atoms with van der Waals surface area (Å²) in [6.07, 6.45) is 0. The fourth-order valence-electron chi connectivity index (χ4n) is 0. The Balaban J connectivity index is 2.54. The van der Waals surface area contributed by atoms with Crippen LogP contribution in [0.2, 0.25) is 0 Å². The fourth-order valence-corrected chi connectivity index (χ4v) is 0. The minimum atomic E-state index is 0.403. The van der Waals surface area contributed by atoms with Crippen molar-refractivity contribution in [3.05, 3.63) is 0 Å². The van der Waals surface area contributed by atoms with Gasteiger partial charge in [-0.05, 0) is 0 Å². The van der Waals surface area contributed by atoms with Crippen LogP contribution in [0.15, 0.2) is 0 Å². The van der Waals surface area contributed by atoms with Crippen molar-refractivity contribution in [3.63, 3.8) is 0 Å². The number of nitrogens with zero attached hydrogens (tertiary/aromatic N) is 1. The quantitative estimate of drug-likeness (QED) is 0.399. The standard InChI is InChI=1S/CH6N2O2/c1-3(4)5-2/h4H,2H2,1H3. The van der Waals surface area contributed by atoms with E-state index in [0.717, 1.165) is 0 Å². The summed E-state index contributed by atoms with van der Waals surface area (Å²) in [5.74, 6) is 4.35. The van der Waals surface area contributed by atoms with Gasteiger partial charge in [0.1, 0.15) is 0 Å². The van der Waals surface area contributed by atoms with Gasteiger partial charge in [-0.15, -0.1) is 0 Å². The highest BCUT2D eigenvalue weighted by Crippen LogP contribution is 1.58. The molecule has 0 unspecified atom stereocenters. The lowest BCUT2D eigenvalue weighted by Crippen LogP contribution is -2.17. The first-order valence-electron chi connectivity index (χ1n) is 1.07. The Bertz CT molecular complexity index is 21.6. The van der Waals surface area contributed by atoms with E-state index in [1.54, 1.807) is 0 Å². The van der Waals surface area contributed by atoms with Crippen LogP contribution in [0.5, 0.6) is 0 Å². The molecular formula is CH6N2O2. The second-order valence-electron chi connectivity index (χ2n) is 0.570. The molecule has 0 aliphatic heterocycles. The van der Waals surface area contributed by atoms with E-state index in [-0.39, 0.29) is 0 Å². The SMILES string of the molecule is CN(O)ON. The van der Waals surface area contributed by atoms with Gasteiger partial charge in [0.25, 0.3) is 0 Å². The van der Waals surface area contributed by atoms with Crippen molar-refractivity contribution in [2.24, 2.45) is 5.90 Å². The topological polar surface area (TPSA) is 58.7 Å². The van der Waals surface area contributed by atoms with Gasteiger partial charge in [0.2, 0.25) is 0 Å². The zero-order valence-corrected chi connectivity index (χ0v) is 2.88. The number of hydroxylamine groups is 2. The normalized spacial score (nSPS) is 9.60. The molecule has 0 amide bonds. The van der Waals surface area contributed by atoms with Gasteiger partial charge in [0, 0.05) is 7.05 Å². The maximum Gasteiger partial charge on any atom is 0.0421 e. The van der Waals surface area contributed by atoms with Crippen LogP contribution in [0.3, 0.4) is 0 Å². The molecular weight excluding hydrogens is 72.0 g/mol. The van der Waals surface area contributed by atoms with Gasteiger partial charge in [-0.2, -0.15) is 10.8 Å². The predicted molar refractivity (Wildman–Crippen MR) is 14.8 cm³/mol. The molecule has 0 aromatic heterocycles. The molecule has 0 saturated heterocycles. The minimum absolute atomic E-state index is 0.403. The first-order chi connectivity index (χ1) is 2.27. The average Bonchev–Trinajstić information content (AvgIpc) is 1.38. The Morgan fingerprint density at radius 2 is 2.20 bits per heavy atom. The maximum absolute atomic E-state index is 7.85. The molecule has 32 valence electrons. The first-order valence-corrected chi connectivity index (χ1v) is 1.07. The van der Waals surface area contributed by atoms with E-state index in [2.05, 4.69) is 10.8 Å². The Morgan fingerprint density at radius 3 is 2.20 bits per heavy atom. The predicted octanol–water partition coefficient (Wildman–Crippen LogP) is -0.887. The Kier molecular flexibility index (Phi) is 2.03. The van der Waals surface area contributed by atoms with Gasteiger partial charge in [0.05, 0.1) is 0 Å². The summed E-state index contributed by atoms with van der Waals surface area (Å²) in [5.41, 5.74) is 0. The minimum Gasteiger partial charge on any atom is -0.288 e. The molecule has 5 heavy (non-hydrogen) atoms. The van der Waals surface area contributed by atoms with Crippen LogP contribution in [-0.4, -0.2) is 17.5 Å². The van der Waals surface area contributed by atoms with Crippen LogP contribution in [0, 0.1) is 0 Å². The monoisotopic (exact) mass is 78.0 g/mol. The van der Waals surface area contributed by atoms with E-state index in [0.29, 0.717) is 5.23 Å². The highest BCUT2D eigenvalue weighted by Gasteiger charge is 1.74. The number of nitrogens with two attached hydrogens (primary N) is 1. The Labute approximate surface area is 29.6 Å². The molecule has 0 aliphatic rings. The van der Waals surface area contributed by atoms with Gasteiger partial charge in [-0.25, -0.2) is 0 Å². The lowest BCUT2D eigenvalue weighted by atomic mass is 11.5. The highest BCUT2D eigenvalue weighted by molar-refractivity contribution is 3.73. The largest absolute Gasteiger partial charge is 0.288 e. The molecule has 4 nitrogen and oxygen atoms in total. The van der Waals surface area contributed by atoms with Crippen molar-refractivity contribution >= 4 is 0 Å². The van der Waals surface area contributed by atoms with Gasteiger partial charge >= 0.3 is 0 Å². The number of hydrogen-bond donors (Lipinski definition) is 2. The summed E-state index contributed by atoms with van der Waals surface area (Å²) in [6.45, 7) is 0. The van der Waals surface area contributed by atoms with Crippen molar-refractivity contribution in [3.8, 4) is 0 Å². The molecule has 0 aliphatic carbocycles. The molecule has 0 aromatic rings. The molecule has 3 N–H and O–H groups in total. The number of rotatable bonds is 1. The van der Waals surface area contributed by atoms with E-state index < -0.39 is 0 Å². The van der Waals surface area contributed by atoms with Crippen LogP contribution in [0.4, 0.5) is 0 Å². The van der Waals surface area contributed by atoms with Crippen LogP contribution < -0.4 is 5.90 Å². The van der Waals surface area contributed by atoms with Crippen LogP contribution in [0.25, 0.3) is 0 Å². The summed E-state index contributed by atoms with van der Waals surface area (Å²) >= 11 is 0. The smallest absolute Gasteiger partial charge is 0.0421 e. The van der Waals surface area contributed by atoms with Gasteiger partial charge in [-0.3, -0.25) is 5.21 Å². The van der Waals surface area contributed by atoms with E-state index in [1.807, 2.05) is 0 Å². The van der Waals surface area contributed by atoms with Gasteiger partial charge < -0.3 is 0 Å². The average molecular weight is 78.1 g/mol. The molecule has 4 heteroatoms. The van der Waals surface area contributed by atoms with Gasteiger partial charge in [-0.1, -0.05) is 5.23 Å². The summed E-state index contributed by atoms with van der Waals surface area (Å²) < 4.78 is 0. The van der Waals surface area contributed by atoms with Crippen molar-refractivity contribution in [2.45, 2.75) is 0 Å². The van der Waals surface area contributed by atoms with Crippen LogP contribution in [0.1, 0.15) is 0 Å². The zero-order valence-electron chi connectivity index (χ0n) is 2.88. The highest BCUT2D eigenvalue weighted by atomic mass is 16.9. The second kappa shape index (κ2) is 2.10. The van der Waals surface area contributed by atoms with Crippen LogP contribution in [-0.2, 0) is 4.94 Å². The molecule has 0 bridgehead atoms. The summed E-state index contributed by atoms with van der Waals surface area (Å²) in [5, 5.41) is 8.25. The van der Waals surface area contributed by atoms with Crippen molar-refractivity contribution in [2.75, 3.05) is 7.05 Å². The third-order valence-electron chi connectivity index (χ3n) is 0.153. The molecule has 0 saturated carbocycles. The van der Waals surface area contributed by atoms with Crippen molar-refractivity contribution < 1.29 is 10.1 Å². The Hall–Kier alpha value is -0.160. The van der Waals surface area contributed by atoms with E-state index in [4.69, 9.17) is 5.21 Å². The zero-order chi connectivity index (χ0) is 4.28. The molecule has 0 heterocycles. The van der Waals surface area contributed by atoms with Gasteiger partial charge in [0.15, 0.2) is 0 Å². The summed E-state index contributed by atoms with van der Waals surface area (Å²) in [7, 11) is 1.26. The van der Waals surface area contributed by atoms with E-state index >= 15 is 0 Å². The molecule has 0 rings (SSSR count). The fraction of sp³-hybridized carbons (Fsp3) is 1.00. The second-order valence-corrected chi connectivity index (χ2v) is 0.570. The van der Waals surface area contributed by atoms with E-state index in [9.17, 15) is 0 Å². The Morgan fingerprint density at radius 1 is 2.00 bits per heavy atom. The summed E-state index contributed by atoms with van der Waals surface area (Å²) in [4.78, 5) is 3.64. The lowest BCUT2D eigenvalue weighted by Gasteiger charge is -1.97. The molecule has 0 atom stereocenters. The maximum atomic E-state index is 7.85. The first kappa shape index (κ1) is 4.84. The van der Waals surface area contributed by atoms with E-state index in [1.165, 1.54) is 7.05 Å². The molecule has 0 spiro atoms. The number of hydrogen-bond acceptors (Lipinski definition) is 4. The lowest BCUT2D eigenvalue weighted by molar-refractivity contribution is -0.327. The molecule has 0 radical (unpaired) electrons. The third-order valence-corrected chi connectivity index (χ3v) is 0.153. The van der Waals surface area contributed by atoms with Crippen LogP contribution >= 0.6 is 0 Å². The third kappa shape index (κ3) is 3.84. The molecule has 0 aromatic carbocycles. The van der Waals surface area contributed by atoms with Crippen molar-refractivity contribution in [1.82, 2.24) is 5.23 Å².